The lowest BCUT2D eigenvalue weighted by molar-refractivity contribution is -0.143. The van der Waals surface area contributed by atoms with Gasteiger partial charge < -0.3 is 9.64 Å². The summed E-state index contributed by atoms with van der Waals surface area (Å²) in [7, 11) is 0. The first-order chi connectivity index (χ1) is 15.8. The van der Waals surface area contributed by atoms with Crippen molar-refractivity contribution in [3.8, 4) is 0 Å². The molecule has 0 saturated carbocycles. The van der Waals surface area contributed by atoms with E-state index in [0.717, 1.165) is 18.4 Å². The number of halogens is 7. The molecule has 10 heteroatoms. The maximum Gasteiger partial charge on any atom is 0.416 e. The molecule has 0 N–H and O–H groups in total. The molecule has 2 heterocycles. The van der Waals surface area contributed by atoms with Gasteiger partial charge in [0.2, 0.25) is 5.91 Å². The van der Waals surface area contributed by atoms with E-state index in [2.05, 4.69) is 0 Å². The van der Waals surface area contributed by atoms with E-state index in [0.29, 0.717) is 31.5 Å². The number of benzene rings is 2. The average molecular weight is 491 g/mol. The Bertz CT molecular complexity index is 954. The number of carbonyl (C=O) groups is 1. The minimum absolute atomic E-state index is 0.0192. The van der Waals surface area contributed by atoms with Crippen molar-refractivity contribution in [2.24, 2.45) is 0 Å². The summed E-state index contributed by atoms with van der Waals surface area (Å²) in [6.45, 7) is 1.82. The zero-order valence-corrected chi connectivity index (χ0v) is 18.3. The van der Waals surface area contributed by atoms with Crippen molar-refractivity contribution in [2.45, 2.75) is 63.7 Å². The lowest BCUT2D eigenvalue weighted by atomic mass is 10.0. The molecule has 2 atom stereocenters. The van der Waals surface area contributed by atoms with Crippen LogP contribution < -0.4 is 0 Å². The van der Waals surface area contributed by atoms with E-state index >= 15 is 0 Å². The molecule has 0 aromatic heterocycles. The highest BCUT2D eigenvalue weighted by Crippen LogP contribution is 2.37. The van der Waals surface area contributed by atoms with Gasteiger partial charge in [-0.05, 0) is 67.6 Å². The van der Waals surface area contributed by atoms with Gasteiger partial charge in [0.25, 0.3) is 0 Å². The molecule has 3 nitrogen and oxygen atoms in total. The zero-order valence-electron chi connectivity index (χ0n) is 18.3. The number of aryl methyl sites for hydroxylation is 1. The largest absolute Gasteiger partial charge is 0.416 e. The normalized spacial score (nSPS) is 20.6. The summed E-state index contributed by atoms with van der Waals surface area (Å²) >= 11 is 0. The van der Waals surface area contributed by atoms with Crippen molar-refractivity contribution in [3.05, 3.63) is 70.5 Å². The van der Waals surface area contributed by atoms with Gasteiger partial charge in [0, 0.05) is 19.0 Å². The molecule has 2 aliphatic heterocycles. The lowest BCUT2D eigenvalue weighted by Crippen LogP contribution is -2.39. The van der Waals surface area contributed by atoms with Crippen molar-refractivity contribution in [2.75, 3.05) is 6.54 Å². The predicted molar refractivity (Wildman–Crippen MR) is 110 cm³/mol. The zero-order chi connectivity index (χ0) is 25.1. The topological polar surface area (TPSA) is 29.5 Å². The maximum absolute atomic E-state index is 12.9. The molecule has 4 rings (SSSR count). The quantitative estimate of drug-likeness (QED) is 0.457. The van der Waals surface area contributed by atoms with Crippen LogP contribution in [-0.2, 0) is 28.5 Å². The smallest absolute Gasteiger partial charge is 0.372 e. The van der Waals surface area contributed by atoms with Crippen LogP contribution in [0.15, 0.2) is 42.5 Å². The second-order valence-corrected chi connectivity index (χ2v) is 8.47. The number of alkyl halides is 6. The third-order valence-corrected chi connectivity index (χ3v) is 5.74. The monoisotopic (exact) mass is 491 g/mol. The molecule has 2 unspecified atom stereocenters. The van der Waals surface area contributed by atoms with Crippen LogP contribution in [0, 0.1) is 12.7 Å². The first-order valence-corrected chi connectivity index (χ1v) is 10.7. The number of amides is 1. The van der Waals surface area contributed by atoms with Crippen molar-refractivity contribution in [1.29, 1.82) is 0 Å². The summed E-state index contributed by atoms with van der Waals surface area (Å²) in [5, 5.41) is 0. The third kappa shape index (κ3) is 6.94. The van der Waals surface area contributed by atoms with Crippen molar-refractivity contribution in [3.63, 3.8) is 0 Å². The Morgan fingerprint density at radius 2 is 1.65 bits per heavy atom. The van der Waals surface area contributed by atoms with Crippen molar-refractivity contribution in [1.82, 2.24) is 4.90 Å². The average Bonchev–Trinajstić information content (AvgIpc) is 3.16. The van der Waals surface area contributed by atoms with Gasteiger partial charge in [0.05, 0.1) is 23.8 Å². The van der Waals surface area contributed by atoms with E-state index in [4.69, 9.17) is 4.74 Å². The molecule has 0 radical (unpaired) electrons. The summed E-state index contributed by atoms with van der Waals surface area (Å²) in [6, 6.07) is 7.98. The molecule has 1 amide bonds. The Balaban J connectivity index is 0.000000343. The number of hydrogen-bond donors (Lipinski definition) is 0. The first-order valence-electron chi connectivity index (χ1n) is 10.7. The van der Waals surface area contributed by atoms with Crippen LogP contribution in [0.2, 0.25) is 0 Å². The second-order valence-electron chi connectivity index (χ2n) is 8.47. The number of rotatable bonds is 3. The minimum atomic E-state index is -4.88. The molecule has 2 saturated heterocycles. The van der Waals surface area contributed by atoms with Gasteiger partial charge in [-0.25, -0.2) is 4.39 Å². The van der Waals surface area contributed by atoms with Crippen LogP contribution in [0.25, 0.3) is 0 Å². The van der Waals surface area contributed by atoms with E-state index in [-0.39, 0.29) is 42.1 Å². The van der Waals surface area contributed by atoms with Gasteiger partial charge in [0.15, 0.2) is 0 Å². The van der Waals surface area contributed by atoms with E-state index < -0.39 is 23.5 Å². The van der Waals surface area contributed by atoms with E-state index in [9.17, 15) is 35.5 Å². The fourth-order valence-electron chi connectivity index (χ4n) is 4.13. The third-order valence-electron chi connectivity index (χ3n) is 5.74. The Morgan fingerprint density at radius 3 is 2.15 bits per heavy atom. The minimum Gasteiger partial charge on any atom is -0.372 e. The van der Waals surface area contributed by atoms with Gasteiger partial charge in [-0.1, -0.05) is 12.1 Å². The molecular formula is C24H24F7NO2. The molecule has 2 aliphatic rings. The summed E-state index contributed by atoms with van der Waals surface area (Å²) in [5.41, 5.74) is -1.94. The summed E-state index contributed by atoms with van der Waals surface area (Å²) in [4.78, 5) is 13.5. The molecule has 0 spiro atoms. The van der Waals surface area contributed by atoms with Gasteiger partial charge >= 0.3 is 12.4 Å². The van der Waals surface area contributed by atoms with Crippen LogP contribution in [-0.4, -0.2) is 29.5 Å². The fourth-order valence-corrected chi connectivity index (χ4v) is 4.13. The Hall–Kier alpha value is -2.62. The van der Waals surface area contributed by atoms with Crippen LogP contribution in [0.3, 0.4) is 0 Å². The number of hydrogen-bond acceptors (Lipinski definition) is 2. The number of nitrogens with zero attached hydrogens (tertiary/aromatic N) is 1. The van der Waals surface area contributed by atoms with Gasteiger partial charge in [-0.3, -0.25) is 4.79 Å². The molecule has 2 aromatic carbocycles. The van der Waals surface area contributed by atoms with Crippen LogP contribution in [0.5, 0.6) is 0 Å². The Morgan fingerprint density at radius 1 is 1.00 bits per heavy atom. The van der Waals surface area contributed by atoms with Crippen molar-refractivity contribution >= 4 is 5.91 Å². The molecule has 2 aromatic rings. The number of piperidine rings is 1. The molecule has 186 valence electrons. The highest BCUT2D eigenvalue weighted by Gasteiger charge is 2.39. The summed E-state index contributed by atoms with van der Waals surface area (Å²) in [5.74, 6) is -0.143. The van der Waals surface area contributed by atoms with Crippen LogP contribution in [0.4, 0.5) is 30.7 Å². The van der Waals surface area contributed by atoms with E-state index in [1.54, 1.807) is 11.0 Å². The number of carbonyl (C=O) groups excluding carboxylic acids is 1. The Labute approximate surface area is 192 Å². The standard InChI is InChI=1S/C17H17F6NO2.C7H7F/c18-16(19,20)11-4-10(5-12(6-11)17(21,22)23)9-26-14-7-13-2-1-3-15(25)24(13)8-14;1-6-3-2-4-7(8)5-6/h4-6,13-14H,1-3,7-9H2;2-5H,1H3. The highest BCUT2D eigenvalue weighted by molar-refractivity contribution is 5.77. The van der Waals surface area contributed by atoms with E-state index in [1.165, 1.54) is 12.1 Å². The van der Waals surface area contributed by atoms with E-state index in [1.807, 2.05) is 13.0 Å². The van der Waals surface area contributed by atoms with Crippen LogP contribution >= 0.6 is 0 Å². The second kappa shape index (κ2) is 10.3. The maximum atomic E-state index is 12.9. The summed E-state index contributed by atoms with van der Waals surface area (Å²) in [6.07, 6.45) is -7.50. The first kappa shape index (κ1) is 26.0. The lowest BCUT2D eigenvalue weighted by Gasteiger charge is -2.28. The fraction of sp³-hybridized carbons (Fsp3) is 0.458. The van der Waals surface area contributed by atoms with Crippen LogP contribution in [0.1, 0.15) is 47.9 Å². The van der Waals surface area contributed by atoms with Gasteiger partial charge in [-0.2, -0.15) is 26.3 Å². The SMILES string of the molecule is Cc1cccc(F)c1.O=C1CCCC2CC(OCc3cc(C(F)(F)F)cc(C(F)(F)F)c3)CN12. The van der Waals surface area contributed by atoms with Crippen molar-refractivity contribution < 1.29 is 40.3 Å². The highest BCUT2D eigenvalue weighted by atomic mass is 19.4. The number of ether oxygens (including phenoxy) is 1. The van der Waals surface area contributed by atoms with Gasteiger partial charge in [-0.15, -0.1) is 0 Å². The molecule has 2 fully saturated rings. The number of fused-ring (bicyclic) bond motifs is 1. The molecule has 0 bridgehead atoms. The molecular weight excluding hydrogens is 467 g/mol. The molecule has 34 heavy (non-hydrogen) atoms. The predicted octanol–water partition coefficient (Wildman–Crippen LogP) is 6.53. The Kier molecular flexibility index (Phi) is 7.90. The van der Waals surface area contributed by atoms with Gasteiger partial charge in [0.1, 0.15) is 5.82 Å². The summed E-state index contributed by atoms with van der Waals surface area (Å²) < 4.78 is 94.9. The molecule has 0 aliphatic carbocycles.